The monoisotopic (exact) mass is 286 g/mol. The second-order valence-corrected chi connectivity index (χ2v) is 4.61. The van der Waals surface area contributed by atoms with Crippen LogP contribution < -0.4 is 9.47 Å². The highest BCUT2D eigenvalue weighted by Crippen LogP contribution is 2.29. The van der Waals surface area contributed by atoms with Gasteiger partial charge in [-0.15, -0.1) is 0 Å². The lowest BCUT2D eigenvalue weighted by Gasteiger charge is -2.12. The van der Waals surface area contributed by atoms with Gasteiger partial charge in [-0.2, -0.15) is 0 Å². The number of aromatic nitrogens is 1. The van der Waals surface area contributed by atoms with Gasteiger partial charge in [0.25, 0.3) is 0 Å². The molecule has 110 valence electrons. The molecule has 0 saturated carbocycles. The van der Waals surface area contributed by atoms with Crippen LogP contribution in [0.5, 0.6) is 11.5 Å². The van der Waals surface area contributed by atoms with Gasteiger partial charge in [0.05, 0.1) is 18.5 Å². The normalized spacial score (nSPS) is 11.3. The predicted molar refractivity (Wildman–Crippen MR) is 80.3 cm³/mol. The van der Waals surface area contributed by atoms with Gasteiger partial charge in [-0.3, -0.25) is 4.98 Å². The third-order valence-corrected chi connectivity index (χ3v) is 3.05. The maximum absolute atomic E-state index is 8.81. The molecule has 0 unspecified atom stereocenters. The molecular weight excluding hydrogens is 268 g/mol. The zero-order chi connectivity index (χ0) is 15.2. The van der Waals surface area contributed by atoms with Crippen LogP contribution in [0.2, 0.25) is 0 Å². The third-order valence-electron chi connectivity index (χ3n) is 3.05. The Morgan fingerprint density at radius 2 is 2.05 bits per heavy atom. The van der Waals surface area contributed by atoms with E-state index in [0.717, 1.165) is 17.0 Å². The summed E-state index contributed by atoms with van der Waals surface area (Å²) in [5.41, 5.74) is 3.10. The lowest BCUT2D eigenvalue weighted by Crippen LogP contribution is -2.02. The number of aryl methyl sites for hydroxylation is 1. The quantitative estimate of drug-likeness (QED) is 0.521. The van der Waals surface area contributed by atoms with E-state index in [2.05, 4.69) is 10.1 Å². The second-order valence-electron chi connectivity index (χ2n) is 4.61. The minimum atomic E-state index is 0.366. The molecule has 5 nitrogen and oxygen atoms in total. The van der Waals surface area contributed by atoms with Gasteiger partial charge < -0.3 is 14.7 Å². The van der Waals surface area contributed by atoms with E-state index in [1.54, 1.807) is 26.2 Å². The number of hydrogen-bond acceptors (Lipinski definition) is 5. The summed E-state index contributed by atoms with van der Waals surface area (Å²) in [6, 6.07) is 11.2. The molecule has 0 aliphatic rings. The minimum Gasteiger partial charge on any atom is -0.493 e. The summed E-state index contributed by atoms with van der Waals surface area (Å²) in [4.78, 5) is 4.38. The van der Waals surface area contributed by atoms with Crippen molar-refractivity contribution in [2.24, 2.45) is 5.16 Å². The highest BCUT2D eigenvalue weighted by Gasteiger charge is 2.08. The second kappa shape index (κ2) is 6.74. The van der Waals surface area contributed by atoms with Crippen molar-refractivity contribution in [3.63, 3.8) is 0 Å². The summed E-state index contributed by atoms with van der Waals surface area (Å²) in [6.45, 7) is 4.02. The number of methoxy groups -OCH3 is 1. The van der Waals surface area contributed by atoms with Crippen LogP contribution in [-0.2, 0) is 6.61 Å². The predicted octanol–water partition coefficient (Wildman–Crippen LogP) is 3.18. The molecule has 0 radical (unpaired) electrons. The molecule has 21 heavy (non-hydrogen) atoms. The zero-order valence-corrected chi connectivity index (χ0v) is 12.3. The van der Waals surface area contributed by atoms with Crippen LogP contribution in [0.3, 0.4) is 0 Å². The Morgan fingerprint density at radius 3 is 2.71 bits per heavy atom. The fraction of sp³-hybridized carbons (Fsp3) is 0.250. The van der Waals surface area contributed by atoms with Crippen molar-refractivity contribution >= 4 is 5.71 Å². The first-order valence-corrected chi connectivity index (χ1v) is 6.56. The molecule has 0 aliphatic heterocycles. The average Bonchev–Trinajstić information content (AvgIpc) is 2.52. The summed E-state index contributed by atoms with van der Waals surface area (Å²) in [5.74, 6) is 1.21. The maximum Gasteiger partial charge on any atom is 0.161 e. The first kappa shape index (κ1) is 14.8. The van der Waals surface area contributed by atoms with Crippen LogP contribution in [0, 0.1) is 6.92 Å². The Labute approximate surface area is 123 Å². The van der Waals surface area contributed by atoms with E-state index < -0.39 is 0 Å². The summed E-state index contributed by atoms with van der Waals surface area (Å²) < 4.78 is 11.1. The van der Waals surface area contributed by atoms with E-state index in [0.29, 0.717) is 23.8 Å². The highest BCUT2D eigenvalue weighted by atomic mass is 16.5. The Hall–Kier alpha value is -2.56. The van der Waals surface area contributed by atoms with Crippen LogP contribution in [0.4, 0.5) is 0 Å². The van der Waals surface area contributed by atoms with E-state index in [9.17, 15) is 0 Å². The van der Waals surface area contributed by atoms with Crippen LogP contribution in [-0.4, -0.2) is 23.0 Å². The first-order valence-electron chi connectivity index (χ1n) is 6.56. The number of ether oxygens (including phenoxy) is 2. The standard InChI is InChI=1S/C16H18N2O3/c1-11-5-4-6-14(17-11)10-21-15-8-7-13(12(2)18-19)9-16(15)20-3/h4-9,19H,10H2,1-3H3. The van der Waals surface area contributed by atoms with E-state index in [1.807, 2.05) is 31.2 Å². The molecule has 1 aromatic carbocycles. The summed E-state index contributed by atoms with van der Waals surface area (Å²) >= 11 is 0. The molecule has 1 aromatic heterocycles. The Bertz CT molecular complexity index is 654. The van der Waals surface area contributed by atoms with Crippen LogP contribution >= 0.6 is 0 Å². The van der Waals surface area contributed by atoms with Crippen LogP contribution in [0.1, 0.15) is 23.9 Å². The van der Waals surface area contributed by atoms with E-state index in [-0.39, 0.29) is 0 Å². The van der Waals surface area contributed by atoms with Crippen molar-refractivity contribution in [3.8, 4) is 11.5 Å². The maximum atomic E-state index is 8.81. The summed E-state index contributed by atoms with van der Waals surface area (Å²) in [5, 5.41) is 12.0. The lowest BCUT2D eigenvalue weighted by atomic mass is 10.1. The fourth-order valence-electron chi connectivity index (χ4n) is 1.90. The molecule has 0 atom stereocenters. The summed E-state index contributed by atoms with van der Waals surface area (Å²) in [6.07, 6.45) is 0. The Morgan fingerprint density at radius 1 is 1.24 bits per heavy atom. The molecule has 0 aliphatic carbocycles. The van der Waals surface area contributed by atoms with Crippen molar-refractivity contribution in [3.05, 3.63) is 53.3 Å². The molecule has 0 amide bonds. The van der Waals surface area contributed by atoms with Crippen molar-refractivity contribution in [1.82, 2.24) is 4.98 Å². The van der Waals surface area contributed by atoms with Crippen molar-refractivity contribution < 1.29 is 14.7 Å². The largest absolute Gasteiger partial charge is 0.493 e. The van der Waals surface area contributed by atoms with E-state index in [1.165, 1.54) is 0 Å². The van der Waals surface area contributed by atoms with Gasteiger partial charge in [0.1, 0.15) is 6.61 Å². The fourth-order valence-corrected chi connectivity index (χ4v) is 1.90. The van der Waals surface area contributed by atoms with Gasteiger partial charge >= 0.3 is 0 Å². The first-order chi connectivity index (χ1) is 10.1. The van der Waals surface area contributed by atoms with Crippen LogP contribution in [0.25, 0.3) is 0 Å². The molecule has 0 bridgehead atoms. The molecule has 1 heterocycles. The average molecular weight is 286 g/mol. The number of benzene rings is 1. The van der Waals surface area contributed by atoms with Crippen molar-refractivity contribution in [2.45, 2.75) is 20.5 Å². The zero-order valence-electron chi connectivity index (χ0n) is 12.3. The van der Waals surface area contributed by atoms with Crippen molar-refractivity contribution in [1.29, 1.82) is 0 Å². The third kappa shape index (κ3) is 3.72. The number of hydrogen-bond donors (Lipinski definition) is 1. The molecule has 5 heteroatoms. The molecule has 0 fully saturated rings. The van der Waals surface area contributed by atoms with Gasteiger partial charge in [0.2, 0.25) is 0 Å². The molecule has 2 rings (SSSR count). The Balaban J connectivity index is 2.16. The number of pyridine rings is 1. The lowest BCUT2D eigenvalue weighted by molar-refractivity contribution is 0.280. The van der Waals surface area contributed by atoms with Gasteiger partial charge in [-0.25, -0.2) is 0 Å². The van der Waals surface area contributed by atoms with Crippen molar-refractivity contribution in [2.75, 3.05) is 7.11 Å². The molecule has 0 saturated heterocycles. The molecule has 0 spiro atoms. The number of nitrogens with zero attached hydrogens (tertiary/aromatic N) is 2. The van der Waals surface area contributed by atoms with Gasteiger partial charge in [-0.05, 0) is 44.2 Å². The Kier molecular flexibility index (Phi) is 4.77. The van der Waals surface area contributed by atoms with Gasteiger partial charge in [-0.1, -0.05) is 11.2 Å². The van der Waals surface area contributed by atoms with Gasteiger partial charge in [0.15, 0.2) is 11.5 Å². The number of rotatable bonds is 5. The smallest absolute Gasteiger partial charge is 0.161 e. The van der Waals surface area contributed by atoms with Gasteiger partial charge in [0, 0.05) is 11.3 Å². The molecule has 1 N–H and O–H groups in total. The SMILES string of the molecule is COc1cc(C(C)=NO)ccc1OCc1cccc(C)n1. The molecule has 2 aromatic rings. The minimum absolute atomic E-state index is 0.366. The number of oxime groups is 1. The molecular formula is C16H18N2O3. The topological polar surface area (TPSA) is 63.9 Å². The van der Waals surface area contributed by atoms with Crippen LogP contribution in [0.15, 0.2) is 41.6 Å². The summed E-state index contributed by atoms with van der Waals surface area (Å²) in [7, 11) is 1.57. The van der Waals surface area contributed by atoms with E-state index in [4.69, 9.17) is 14.7 Å². The van der Waals surface area contributed by atoms with E-state index >= 15 is 0 Å². The highest BCUT2D eigenvalue weighted by molar-refractivity contribution is 5.98.